The molecular formula is C19H13ClO. The van der Waals surface area contributed by atoms with E-state index in [0.29, 0.717) is 16.1 Å². The Morgan fingerprint density at radius 2 is 1.33 bits per heavy atom. The van der Waals surface area contributed by atoms with Crippen molar-refractivity contribution in [2.24, 2.45) is 0 Å². The van der Waals surface area contributed by atoms with E-state index in [1.54, 1.807) is 24.3 Å². The van der Waals surface area contributed by atoms with Gasteiger partial charge in [-0.05, 0) is 23.3 Å². The number of ketones is 1. The lowest BCUT2D eigenvalue weighted by molar-refractivity contribution is 0.103. The Hall–Kier alpha value is -2.38. The summed E-state index contributed by atoms with van der Waals surface area (Å²) in [4.78, 5) is 12.4. The molecule has 2 heteroatoms. The number of carbonyl (C=O) groups excluding carboxylic acids is 1. The number of hydrogen-bond acceptors (Lipinski definition) is 1. The fourth-order valence-corrected chi connectivity index (χ4v) is 2.43. The Bertz CT molecular complexity index is 761. The van der Waals surface area contributed by atoms with E-state index in [-0.39, 0.29) is 5.78 Å². The van der Waals surface area contributed by atoms with E-state index in [9.17, 15) is 4.79 Å². The molecule has 0 aliphatic rings. The molecule has 0 saturated heterocycles. The second-order valence-corrected chi connectivity index (χ2v) is 5.22. The Morgan fingerprint density at radius 3 is 2.00 bits per heavy atom. The van der Waals surface area contributed by atoms with Crippen LogP contribution in [0.25, 0.3) is 11.1 Å². The molecule has 0 saturated carbocycles. The van der Waals surface area contributed by atoms with Crippen LogP contribution in [0.1, 0.15) is 15.9 Å². The normalized spacial score (nSPS) is 10.3. The molecule has 0 spiro atoms. The molecule has 0 N–H and O–H groups in total. The molecule has 0 amide bonds. The van der Waals surface area contributed by atoms with Gasteiger partial charge in [-0.25, -0.2) is 0 Å². The van der Waals surface area contributed by atoms with Crippen LogP contribution >= 0.6 is 11.6 Å². The third-order valence-electron chi connectivity index (χ3n) is 3.34. The van der Waals surface area contributed by atoms with Gasteiger partial charge in [-0.15, -0.1) is 0 Å². The molecule has 1 nitrogen and oxygen atoms in total. The number of hydrogen-bond donors (Lipinski definition) is 0. The van der Waals surface area contributed by atoms with Crippen molar-refractivity contribution in [1.29, 1.82) is 0 Å². The summed E-state index contributed by atoms with van der Waals surface area (Å²) in [5.41, 5.74) is 3.50. The predicted molar refractivity (Wildman–Crippen MR) is 86.8 cm³/mol. The standard InChI is InChI=1S/C19H13ClO/c20-18-8-4-7-17(13-18)19(21)16-11-9-15(10-12-16)14-5-2-1-3-6-14/h1-13H. The monoisotopic (exact) mass is 292 g/mol. The molecular weight excluding hydrogens is 280 g/mol. The minimum atomic E-state index is -0.0166. The number of halogens is 1. The maximum absolute atomic E-state index is 12.4. The first-order chi connectivity index (χ1) is 10.2. The maximum atomic E-state index is 12.4. The first kappa shape index (κ1) is 13.6. The zero-order valence-corrected chi connectivity index (χ0v) is 12.0. The highest BCUT2D eigenvalue weighted by atomic mass is 35.5. The van der Waals surface area contributed by atoms with Gasteiger partial charge in [0.1, 0.15) is 0 Å². The molecule has 0 bridgehead atoms. The van der Waals surface area contributed by atoms with Gasteiger partial charge in [-0.3, -0.25) is 4.79 Å². The van der Waals surface area contributed by atoms with Crippen LogP contribution in [0.4, 0.5) is 0 Å². The lowest BCUT2D eigenvalue weighted by atomic mass is 9.99. The fraction of sp³-hybridized carbons (Fsp3) is 0. The topological polar surface area (TPSA) is 17.1 Å². The molecule has 0 aliphatic heterocycles. The van der Waals surface area contributed by atoms with Gasteiger partial charge in [-0.1, -0.05) is 78.3 Å². The summed E-state index contributed by atoms with van der Waals surface area (Å²) in [6, 6.07) is 24.7. The van der Waals surface area contributed by atoms with Gasteiger partial charge in [0.05, 0.1) is 0 Å². The van der Waals surface area contributed by atoms with E-state index in [1.807, 2.05) is 54.6 Å². The predicted octanol–water partition coefficient (Wildman–Crippen LogP) is 5.24. The Labute approximate surface area is 128 Å². The van der Waals surface area contributed by atoms with Gasteiger partial charge in [0.25, 0.3) is 0 Å². The summed E-state index contributed by atoms with van der Waals surface area (Å²) in [5.74, 6) is -0.0166. The van der Waals surface area contributed by atoms with Crippen molar-refractivity contribution in [3.05, 3.63) is 95.0 Å². The smallest absolute Gasteiger partial charge is 0.193 e. The van der Waals surface area contributed by atoms with E-state index in [0.717, 1.165) is 11.1 Å². The number of benzene rings is 3. The largest absolute Gasteiger partial charge is 0.289 e. The van der Waals surface area contributed by atoms with Crippen molar-refractivity contribution < 1.29 is 4.79 Å². The third kappa shape index (κ3) is 3.04. The minimum absolute atomic E-state index is 0.0166. The Morgan fingerprint density at radius 1 is 0.667 bits per heavy atom. The highest BCUT2D eigenvalue weighted by Gasteiger charge is 2.09. The van der Waals surface area contributed by atoms with Crippen LogP contribution in [0.3, 0.4) is 0 Å². The van der Waals surface area contributed by atoms with Crippen LogP contribution in [-0.2, 0) is 0 Å². The van der Waals surface area contributed by atoms with E-state index in [2.05, 4.69) is 0 Å². The average Bonchev–Trinajstić information content (AvgIpc) is 2.55. The van der Waals surface area contributed by atoms with Crippen LogP contribution in [-0.4, -0.2) is 5.78 Å². The summed E-state index contributed by atoms with van der Waals surface area (Å²) >= 11 is 5.93. The van der Waals surface area contributed by atoms with E-state index < -0.39 is 0 Å². The molecule has 0 aromatic heterocycles. The average molecular weight is 293 g/mol. The molecule has 3 aromatic rings. The molecule has 0 fully saturated rings. The highest BCUT2D eigenvalue weighted by Crippen LogP contribution is 2.21. The second-order valence-electron chi connectivity index (χ2n) is 4.78. The van der Waals surface area contributed by atoms with Gasteiger partial charge >= 0.3 is 0 Å². The van der Waals surface area contributed by atoms with Crippen LogP contribution in [0.5, 0.6) is 0 Å². The van der Waals surface area contributed by atoms with Crippen molar-refractivity contribution in [2.45, 2.75) is 0 Å². The van der Waals surface area contributed by atoms with Gasteiger partial charge in [0.2, 0.25) is 0 Å². The highest BCUT2D eigenvalue weighted by molar-refractivity contribution is 6.31. The lowest BCUT2D eigenvalue weighted by Crippen LogP contribution is -2.00. The van der Waals surface area contributed by atoms with Gasteiger partial charge in [0.15, 0.2) is 5.78 Å². The molecule has 0 atom stereocenters. The quantitative estimate of drug-likeness (QED) is 0.603. The maximum Gasteiger partial charge on any atom is 0.193 e. The zero-order chi connectivity index (χ0) is 14.7. The molecule has 0 unspecified atom stereocenters. The molecule has 0 radical (unpaired) electrons. The Balaban J connectivity index is 1.89. The molecule has 3 rings (SSSR count). The van der Waals surface area contributed by atoms with Crippen molar-refractivity contribution in [3.8, 4) is 11.1 Å². The molecule has 3 aromatic carbocycles. The van der Waals surface area contributed by atoms with Crippen molar-refractivity contribution in [3.63, 3.8) is 0 Å². The zero-order valence-electron chi connectivity index (χ0n) is 11.3. The number of carbonyl (C=O) groups is 1. The first-order valence-corrected chi connectivity index (χ1v) is 7.07. The molecule has 21 heavy (non-hydrogen) atoms. The van der Waals surface area contributed by atoms with Crippen LogP contribution < -0.4 is 0 Å². The summed E-state index contributed by atoms with van der Waals surface area (Å²) in [6.45, 7) is 0. The second kappa shape index (κ2) is 5.94. The molecule has 102 valence electrons. The molecule has 0 aliphatic carbocycles. The minimum Gasteiger partial charge on any atom is -0.289 e. The Kier molecular flexibility index (Phi) is 3.85. The summed E-state index contributed by atoms with van der Waals surface area (Å²) in [6.07, 6.45) is 0. The van der Waals surface area contributed by atoms with Crippen molar-refractivity contribution in [2.75, 3.05) is 0 Å². The third-order valence-corrected chi connectivity index (χ3v) is 3.58. The van der Waals surface area contributed by atoms with Crippen LogP contribution in [0.2, 0.25) is 5.02 Å². The number of rotatable bonds is 3. The van der Waals surface area contributed by atoms with Crippen molar-refractivity contribution >= 4 is 17.4 Å². The van der Waals surface area contributed by atoms with E-state index in [1.165, 1.54) is 0 Å². The molecule has 0 heterocycles. The summed E-state index contributed by atoms with van der Waals surface area (Å²) in [5, 5.41) is 0.571. The van der Waals surface area contributed by atoms with Crippen LogP contribution in [0.15, 0.2) is 78.9 Å². The lowest BCUT2D eigenvalue weighted by Gasteiger charge is -2.04. The van der Waals surface area contributed by atoms with Crippen molar-refractivity contribution in [1.82, 2.24) is 0 Å². The van der Waals surface area contributed by atoms with E-state index in [4.69, 9.17) is 11.6 Å². The SMILES string of the molecule is O=C(c1ccc(-c2ccccc2)cc1)c1cccc(Cl)c1. The van der Waals surface area contributed by atoms with E-state index >= 15 is 0 Å². The van der Waals surface area contributed by atoms with Gasteiger partial charge < -0.3 is 0 Å². The van der Waals surface area contributed by atoms with Gasteiger partial charge in [-0.2, -0.15) is 0 Å². The first-order valence-electron chi connectivity index (χ1n) is 6.70. The fourth-order valence-electron chi connectivity index (χ4n) is 2.24. The summed E-state index contributed by atoms with van der Waals surface area (Å²) in [7, 11) is 0. The van der Waals surface area contributed by atoms with Crippen LogP contribution in [0, 0.1) is 0 Å². The summed E-state index contributed by atoms with van der Waals surface area (Å²) < 4.78 is 0. The van der Waals surface area contributed by atoms with Gasteiger partial charge in [0, 0.05) is 16.1 Å².